The van der Waals surface area contributed by atoms with Crippen LogP contribution in [0.3, 0.4) is 0 Å². The van der Waals surface area contributed by atoms with E-state index in [0.717, 1.165) is 23.4 Å². The summed E-state index contributed by atoms with van der Waals surface area (Å²) >= 11 is 13.8. The molecule has 1 atom stereocenters. The van der Waals surface area contributed by atoms with E-state index in [2.05, 4.69) is 0 Å². The van der Waals surface area contributed by atoms with Gasteiger partial charge in [0.2, 0.25) is 0 Å². The number of benzene rings is 2. The summed E-state index contributed by atoms with van der Waals surface area (Å²) in [6.07, 6.45) is 0.783. The Hall–Kier alpha value is -1.49. The first-order chi connectivity index (χ1) is 12.0. The normalized spacial score (nSPS) is 18.4. The molecule has 1 saturated carbocycles. The number of fused-ring (bicyclic) bond motifs is 1. The average Bonchev–Trinajstić information content (AvgIpc) is 3.21. The molecule has 0 spiro atoms. The number of hydrogen-bond donors (Lipinski definition) is 0. The molecule has 0 amide bonds. The Morgan fingerprint density at radius 2 is 1.88 bits per heavy atom. The van der Waals surface area contributed by atoms with Crippen LogP contribution in [0, 0.1) is 12.8 Å². The number of rotatable bonds is 4. The lowest BCUT2D eigenvalue weighted by molar-refractivity contribution is 0.816. The number of para-hydroxylation sites is 1. The molecule has 0 unspecified atom stereocenters. The fourth-order valence-corrected chi connectivity index (χ4v) is 4.70. The Morgan fingerprint density at radius 1 is 1.20 bits per heavy atom. The molecule has 3 aromatic rings. The number of hydrogen-bond acceptors (Lipinski definition) is 3. The summed E-state index contributed by atoms with van der Waals surface area (Å²) in [5.41, 5.74) is 2.61. The van der Waals surface area contributed by atoms with Gasteiger partial charge in [-0.05, 0) is 37.6 Å². The van der Waals surface area contributed by atoms with Crippen LogP contribution in [0.1, 0.15) is 12.0 Å². The van der Waals surface area contributed by atoms with Gasteiger partial charge in [-0.25, -0.2) is 4.98 Å². The standard InChI is InChI=1S/C19H16Cl2N2OS/c1-12-6-8-14(9-7-12)23-17(24)15-4-2-3-5-16(15)22-18(23)25-11-13-10-19(13,20)21/h2-9,13H,10-11H2,1H3/t13-/m1/s1. The third kappa shape index (κ3) is 3.31. The predicted molar refractivity (Wildman–Crippen MR) is 105 cm³/mol. The molecule has 0 aliphatic heterocycles. The van der Waals surface area contributed by atoms with Crippen LogP contribution in [-0.4, -0.2) is 19.6 Å². The summed E-state index contributed by atoms with van der Waals surface area (Å²) in [6.45, 7) is 2.02. The van der Waals surface area contributed by atoms with Crippen LogP contribution in [0.25, 0.3) is 16.6 Å². The van der Waals surface area contributed by atoms with Crippen LogP contribution >= 0.6 is 35.0 Å². The van der Waals surface area contributed by atoms with Gasteiger partial charge < -0.3 is 0 Å². The van der Waals surface area contributed by atoms with Gasteiger partial charge in [-0.1, -0.05) is 41.6 Å². The van der Waals surface area contributed by atoms with Crippen LogP contribution < -0.4 is 5.56 Å². The Balaban J connectivity index is 1.82. The van der Waals surface area contributed by atoms with Gasteiger partial charge in [0.15, 0.2) is 5.16 Å². The van der Waals surface area contributed by atoms with Crippen molar-refractivity contribution in [1.29, 1.82) is 0 Å². The first-order valence-electron chi connectivity index (χ1n) is 8.05. The molecule has 6 heteroatoms. The molecule has 25 heavy (non-hydrogen) atoms. The van der Waals surface area contributed by atoms with Crippen molar-refractivity contribution in [2.75, 3.05) is 5.75 Å². The second-order valence-electron chi connectivity index (χ2n) is 6.36. The van der Waals surface area contributed by atoms with Gasteiger partial charge in [0.25, 0.3) is 5.56 Å². The number of aryl methyl sites for hydroxylation is 1. The maximum atomic E-state index is 13.1. The van der Waals surface area contributed by atoms with Crippen molar-refractivity contribution in [1.82, 2.24) is 9.55 Å². The molecular formula is C19H16Cl2N2OS. The van der Waals surface area contributed by atoms with Gasteiger partial charge in [-0.2, -0.15) is 0 Å². The van der Waals surface area contributed by atoms with E-state index in [1.165, 1.54) is 11.8 Å². The number of aromatic nitrogens is 2. The molecule has 0 saturated heterocycles. The highest BCUT2D eigenvalue weighted by atomic mass is 35.5. The molecule has 2 aromatic carbocycles. The Labute approximate surface area is 160 Å². The molecule has 128 valence electrons. The first kappa shape index (κ1) is 17.0. The Kier molecular flexibility index (Phi) is 4.30. The number of thioether (sulfide) groups is 1. The maximum absolute atomic E-state index is 13.1. The van der Waals surface area contributed by atoms with Crippen LogP contribution in [0.15, 0.2) is 58.5 Å². The molecule has 1 heterocycles. The molecule has 3 nitrogen and oxygen atoms in total. The molecule has 0 radical (unpaired) electrons. The molecule has 0 N–H and O–H groups in total. The lowest BCUT2D eigenvalue weighted by Gasteiger charge is -2.13. The lowest BCUT2D eigenvalue weighted by Crippen LogP contribution is -2.22. The SMILES string of the molecule is Cc1ccc(-n2c(SC[C@H]3CC3(Cl)Cl)nc3ccccc3c2=O)cc1. The molecule has 1 aliphatic carbocycles. The van der Waals surface area contributed by atoms with Gasteiger partial charge >= 0.3 is 0 Å². The molecule has 4 rings (SSSR count). The van der Waals surface area contributed by atoms with Gasteiger partial charge in [-0.15, -0.1) is 23.2 Å². The van der Waals surface area contributed by atoms with Crippen LogP contribution in [0.5, 0.6) is 0 Å². The second-order valence-corrected chi connectivity index (χ2v) is 8.89. The zero-order valence-corrected chi connectivity index (χ0v) is 15.9. The van der Waals surface area contributed by atoms with Gasteiger partial charge in [-0.3, -0.25) is 9.36 Å². The van der Waals surface area contributed by atoms with Gasteiger partial charge in [0.05, 0.1) is 16.6 Å². The van der Waals surface area contributed by atoms with Crippen LogP contribution in [0.2, 0.25) is 0 Å². The number of alkyl halides is 2. The molecular weight excluding hydrogens is 375 g/mol. The van der Waals surface area contributed by atoms with E-state index in [9.17, 15) is 4.79 Å². The largest absolute Gasteiger partial charge is 0.268 e. The molecule has 1 aliphatic rings. The summed E-state index contributed by atoms with van der Waals surface area (Å²) < 4.78 is 1.05. The fraction of sp³-hybridized carbons (Fsp3) is 0.263. The second kappa shape index (κ2) is 6.35. The van der Waals surface area contributed by atoms with Crippen LogP contribution in [0.4, 0.5) is 0 Å². The lowest BCUT2D eigenvalue weighted by atomic mass is 10.2. The van der Waals surface area contributed by atoms with E-state index in [0.29, 0.717) is 16.1 Å². The van der Waals surface area contributed by atoms with E-state index in [1.807, 2.05) is 55.5 Å². The smallest absolute Gasteiger partial charge is 0.266 e. The summed E-state index contributed by atoms with van der Waals surface area (Å²) in [6, 6.07) is 15.3. The zero-order chi connectivity index (χ0) is 17.6. The average molecular weight is 391 g/mol. The minimum atomic E-state index is -0.626. The maximum Gasteiger partial charge on any atom is 0.266 e. The van der Waals surface area contributed by atoms with Crippen molar-refractivity contribution in [3.63, 3.8) is 0 Å². The molecule has 0 bridgehead atoms. The monoisotopic (exact) mass is 390 g/mol. The van der Waals surface area contributed by atoms with Gasteiger partial charge in [0, 0.05) is 11.7 Å². The van der Waals surface area contributed by atoms with Crippen molar-refractivity contribution in [3.8, 4) is 5.69 Å². The minimum Gasteiger partial charge on any atom is -0.268 e. The molecule has 1 fully saturated rings. The third-order valence-corrected chi connectivity index (χ3v) is 6.43. The number of halogens is 2. The summed E-state index contributed by atoms with van der Waals surface area (Å²) in [4.78, 5) is 17.8. The van der Waals surface area contributed by atoms with E-state index in [1.54, 1.807) is 4.57 Å². The van der Waals surface area contributed by atoms with Crippen LogP contribution in [-0.2, 0) is 0 Å². The topological polar surface area (TPSA) is 34.9 Å². The first-order valence-corrected chi connectivity index (χ1v) is 9.79. The van der Waals surface area contributed by atoms with E-state index in [-0.39, 0.29) is 11.5 Å². The minimum absolute atomic E-state index is 0.0595. The van der Waals surface area contributed by atoms with Crippen molar-refractivity contribution in [2.45, 2.75) is 22.8 Å². The Bertz CT molecular complexity index is 998. The van der Waals surface area contributed by atoms with E-state index < -0.39 is 4.33 Å². The van der Waals surface area contributed by atoms with Crippen molar-refractivity contribution in [2.24, 2.45) is 5.92 Å². The predicted octanol–water partition coefficient (Wildman–Crippen LogP) is 4.98. The number of nitrogens with zero attached hydrogens (tertiary/aromatic N) is 2. The highest BCUT2D eigenvalue weighted by Crippen LogP contribution is 2.54. The summed E-state index contributed by atoms with van der Waals surface area (Å²) in [5, 5.41) is 1.28. The van der Waals surface area contributed by atoms with Crippen molar-refractivity contribution >= 4 is 45.9 Å². The summed E-state index contributed by atoms with van der Waals surface area (Å²) in [7, 11) is 0. The van der Waals surface area contributed by atoms with Gasteiger partial charge in [0.1, 0.15) is 4.33 Å². The highest BCUT2D eigenvalue weighted by molar-refractivity contribution is 7.99. The zero-order valence-electron chi connectivity index (χ0n) is 13.6. The summed E-state index contributed by atoms with van der Waals surface area (Å²) in [5.74, 6) is 0.972. The van der Waals surface area contributed by atoms with E-state index in [4.69, 9.17) is 28.2 Å². The Morgan fingerprint density at radius 3 is 2.56 bits per heavy atom. The fourth-order valence-electron chi connectivity index (χ4n) is 2.76. The highest BCUT2D eigenvalue weighted by Gasteiger charge is 2.51. The van der Waals surface area contributed by atoms with Crippen molar-refractivity contribution in [3.05, 3.63) is 64.4 Å². The third-order valence-electron chi connectivity index (χ3n) is 4.41. The molecule has 1 aromatic heterocycles. The van der Waals surface area contributed by atoms with E-state index >= 15 is 0 Å². The quantitative estimate of drug-likeness (QED) is 0.357. The van der Waals surface area contributed by atoms with Crippen molar-refractivity contribution < 1.29 is 0 Å².